The summed E-state index contributed by atoms with van der Waals surface area (Å²) < 4.78 is 34.0. The van der Waals surface area contributed by atoms with Crippen LogP contribution in [0.4, 0.5) is 0 Å². The Morgan fingerprint density at radius 2 is 1.84 bits per heavy atom. The summed E-state index contributed by atoms with van der Waals surface area (Å²) in [4.78, 5) is 27.8. The van der Waals surface area contributed by atoms with E-state index in [2.05, 4.69) is 4.72 Å². The highest BCUT2D eigenvalue weighted by atomic mass is 35.5. The SMILES string of the molecule is CC[C@@H](CS(=O)(=O)NC1COC1)N1C(=O)[C@@](C)(CC(=O)O)C[C@H](c2cccc(Cl)c2)[C@H]1c1ccc(Cl)cc1. The monoisotopic (exact) mass is 582 g/mol. The van der Waals surface area contributed by atoms with Crippen molar-refractivity contribution in [3.63, 3.8) is 0 Å². The number of hydrogen-bond acceptors (Lipinski definition) is 5. The summed E-state index contributed by atoms with van der Waals surface area (Å²) in [5, 5.41) is 10.8. The molecular formula is C27H32Cl2N2O6S. The van der Waals surface area contributed by atoms with Gasteiger partial charge in [-0.1, -0.05) is 61.3 Å². The van der Waals surface area contributed by atoms with Crippen molar-refractivity contribution in [2.45, 2.75) is 57.2 Å². The summed E-state index contributed by atoms with van der Waals surface area (Å²) in [6.45, 7) is 4.09. The Morgan fingerprint density at radius 3 is 2.39 bits per heavy atom. The fraction of sp³-hybridized carbons (Fsp3) is 0.481. The topological polar surface area (TPSA) is 113 Å². The molecule has 38 heavy (non-hydrogen) atoms. The number of hydrogen-bond donors (Lipinski definition) is 2. The largest absolute Gasteiger partial charge is 0.481 e. The van der Waals surface area contributed by atoms with Gasteiger partial charge in [0.2, 0.25) is 15.9 Å². The van der Waals surface area contributed by atoms with Crippen LogP contribution in [0.15, 0.2) is 48.5 Å². The van der Waals surface area contributed by atoms with Crippen LogP contribution in [0.25, 0.3) is 0 Å². The Morgan fingerprint density at radius 1 is 1.16 bits per heavy atom. The third-order valence-electron chi connectivity index (χ3n) is 7.39. The normalized spacial score (nSPS) is 25.2. The van der Waals surface area contributed by atoms with Gasteiger partial charge in [-0.15, -0.1) is 0 Å². The number of rotatable bonds is 10. The van der Waals surface area contributed by atoms with Gasteiger partial charge in [-0.2, -0.15) is 0 Å². The van der Waals surface area contributed by atoms with Gasteiger partial charge in [0, 0.05) is 22.0 Å². The average Bonchev–Trinajstić information content (AvgIpc) is 2.82. The van der Waals surface area contributed by atoms with Crippen LogP contribution >= 0.6 is 23.2 Å². The second-order valence-corrected chi connectivity index (χ2v) is 13.1. The number of amides is 1. The van der Waals surface area contributed by atoms with E-state index in [1.165, 1.54) is 0 Å². The molecule has 4 atom stereocenters. The van der Waals surface area contributed by atoms with E-state index in [4.69, 9.17) is 27.9 Å². The van der Waals surface area contributed by atoms with Crippen LogP contribution in [0, 0.1) is 5.41 Å². The van der Waals surface area contributed by atoms with Gasteiger partial charge >= 0.3 is 5.97 Å². The third-order valence-corrected chi connectivity index (χ3v) is 9.40. The predicted molar refractivity (Wildman–Crippen MR) is 146 cm³/mol. The molecule has 2 fully saturated rings. The first kappa shape index (κ1) is 28.8. The first-order valence-electron chi connectivity index (χ1n) is 12.6. The summed E-state index contributed by atoms with van der Waals surface area (Å²) in [5.74, 6) is -2.14. The lowest BCUT2D eigenvalue weighted by Crippen LogP contribution is -2.58. The molecule has 0 spiro atoms. The van der Waals surface area contributed by atoms with Crippen molar-refractivity contribution in [3.05, 3.63) is 69.7 Å². The number of carbonyl (C=O) groups is 2. The number of carboxylic acids is 1. The maximum Gasteiger partial charge on any atom is 0.304 e. The van der Waals surface area contributed by atoms with Crippen molar-refractivity contribution in [1.82, 2.24) is 9.62 Å². The smallest absolute Gasteiger partial charge is 0.304 e. The average molecular weight is 584 g/mol. The summed E-state index contributed by atoms with van der Waals surface area (Å²) in [7, 11) is -3.77. The van der Waals surface area contributed by atoms with Gasteiger partial charge < -0.3 is 14.7 Å². The molecule has 2 N–H and O–H groups in total. The second-order valence-electron chi connectivity index (χ2n) is 10.4. The molecule has 1 amide bonds. The van der Waals surface area contributed by atoms with Gasteiger partial charge in [0.15, 0.2) is 0 Å². The molecule has 8 nitrogen and oxygen atoms in total. The quantitative estimate of drug-likeness (QED) is 0.422. The van der Waals surface area contributed by atoms with Gasteiger partial charge in [0.1, 0.15) is 0 Å². The van der Waals surface area contributed by atoms with Crippen LogP contribution in [-0.4, -0.2) is 61.4 Å². The first-order valence-corrected chi connectivity index (χ1v) is 15.0. The third kappa shape index (κ3) is 6.34. The zero-order valence-electron chi connectivity index (χ0n) is 21.3. The molecule has 4 rings (SSSR count). The number of carboxylic acid groups (broad SMARTS) is 1. The molecule has 0 saturated carbocycles. The zero-order valence-corrected chi connectivity index (χ0v) is 23.6. The molecule has 2 aliphatic rings. The van der Waals surface area contributed by atoms with Crippen molar-refractivity contribution in [3.8, 4) is 0 Å². The minimum atomic E-state index is -3.77. The number of sulfonamides is 1. The standard InChI is InChI=1S/C27H32Cl2N2O6S/c1-3-22(16-38(35,36)30-21-14-37-15-21)31-25(17-7-9-19(28)10-8-17)23(18-5-4-6-20(29)11-18)12-27(2,26(31)34)13-24(32)33/h4-11,21-23,25,30H,3,12-16H2,1-2H3,(H,32,33)/t22-,23+,25+,27+/m0/s1. The van der Waals surface area contributed by atoms with Crippen LogP contribution in [-0.2, 0) is 24.3 Å². The fourth-order valence-electron chi connectivity index (χ4n) is 5.53. The van der Waals surface area contributed by atoms with Crippen LogP contribution in [0.2, 0.25) is 10.0 Å². The van der Waals surface area contributed by atoms with Crippen LogP contribution in [0.5, 0.6) is 0 Å². The van der Waals surface area contributed by atoms with Crippen molar-refractivity contribution in [2.24, 2.45) is 5.41 Å². The molecule has 0 radical (unpaired) electrons. The first-order chi connectivity index (χ1) is 17.9. The number of benzene rings is 2. The van der Waals surface area contributed by atoms with Gasteiger partial charge in [0.25, 0.3) is 0 Å². The molecule has 11 heteroatoms. The molecular weight excluding hydrogens is 551 g/mol. The Bertz CT molecular complexity index is 1280. The highest BCUT2D eigenvalue weighted by Crippen LogP contribution is 2.52. The molecule has 0 aliphatic carbocycles. The van der Waals surface area contributed by atoms with Crippen molar-refractivity contribution in [1.29, 1.82) is 0 Å². The van der Waals surface area contributed by atoms with E-state index in [0.717, 1.165) is 11.1 Å². The van der Waals surface area contributed by atoms with E-state index in [1.54, 1.807) is 30.0 Å². The highest BCUT2D eigenvalue weighted by molar-refractivity contribution is 7.89. The summed E-state index contributed by atoms with van der Waals surface area (Å²) >= 11 is 12.5. The van der Waals surface area contributed by atoms with E-state index < -0.39 is 33.5 Å². The number of aliphatic carboxylic acids is 1. The highest BCUT2D eigenvalue weighted by Gasteiger charge is 2.52. The molecule has 2 saturated heterocycles. The maximum absolute atomic E-state index is 14.2. The van der Waals surface area contributed by atoms with Crippen LogP contribution in [0.1, 0.15) is 56.2 Å². The van der Waals surface area contributed by atoms with Gasteiger partial charge in [0.05, 0.1) is 42.9 Å². The van der Waals surface area contributed by atoms with Gasteiger partial charge in [-0.05, 0) is 48.2 Å². The Balaban J connectivity index is 1.84. The van der Waals surface area contributed by atoms with E-state index >= 15 is 0 Å². The molecule has 2 aromatic carbocycles. The summed E-state index contributed by atoms with van der Waals surface area (Å²) in [6, 6.07) is 12.9. The lowest BCUT2D eigenvalue weighted by molar-refractivity contribution is -0.160. The van der Waals surface area contributed by atoms with Gasteiger partial charge in [-0.3, -0.25) is 9.59 Å². The van der Waals surface area contributed by atoms with E-state index in [1.807, 2.05) is 37.3 Å². The Kier molecular flexibility index (Phi) is 8.74. The molecule has 2 aliphatic heterocycles. The molecule has 2 heterocycles. The summed E-state index contributed by atoms with van der Waals surface area (Å²) in [6.07, 6.45) is 0.222. The molecule has 0 bridgehead atoms. The molecule has 206 valence electrons. The van der Waals surface area contributed by atoms with E-state index in [-0.39, 0.29) is 36.5 Å². The number of piperidine rings is 1. The Hall–Kier alpha value is -2.17. The maximum atomic E-state index is 14.2. The van der Waals surface area contributed by atoms with Crippen molar-refractivity contribution >= 4 is 45.1 Å². The lowest BCUT2D eigenvalue weighted by atomic mass is 9.67. The lowest BCUT2D eigenvalue weighted by Gasteiger charge is -2.51. The van der Waals surface area contributed by atoms with Crippen LogP contribution in [0.3, 0.4) is 0 Å². The van der Waals surface area contributed by atoms with Crippen molar-refractivity contribution < 1.29 is 27.9 Å². The number of nitrogens with one attached hydrogen (secondary N) is 1. The zero-order chi connectivity index (χ0) is 27.7. The minimum absolute atomic E-state index is 0.253. The minimum Gasteiger partial charge on any atom is -0.481 e. The summed E-state index contributed by atoms with van der Waals surface area (Å²) in [5.41, 5.74) is 0.365. The molecule has 0 aromatic heterocycles. The van der Waals surface area contributed by atoms with E-state index in [0.29, 0.717) is 29.7 Å². The predicted octanol–water partition coefficient (Wildman–Crippen LogP) is 4.63. The molecule has 0 unspecified atom stereocenters. The number of carbonyl (C=O) groups excluding carboxylic acids is 1. The van der Waals surface area contributed by atoms with Crippen LogP contribution < -0.4 is 4.72 Å². The number of nitrogens with zero attached hydrogens (tertiary/aromatic N) is 1. The Labute approximate surface area is 233 Å². The van der Waals surface area contributed by atoms with E-state index in [9.17, 15) is 23.1 Å². The van der Waals surface area contributed by atoms with Crippen molar-refractivity contribution in [2.75, 3.05) is 19.0 Å². The number of halogens is 2. The fourth-order valence-corrected chi connectivity index (χ4v) is 7.50. The number of ether oxygens (including phenoxy) is 1. The second kappa shape index (κ2) is 11.5. The number of likely N-dealkylation sites (tertiary alicyclic amines) is 1. The van der Waals surface area contributed by atoms with Gasteiger partial charge in [-0.25, -0.2) is 13.1 Å². The molecule has 2 aromatic rings.